The molecule has 9 heteroatoms. The smallest absolute Gasteiger partial charge is 0.227 e. The van der Waals surface area contributed by atoms with Gasteiger partial charge in [0.2, 0.25) is 17.1 Å². The van der Waals surface area contributed by atoms with Gasteiger partial charge in [-0.25, -0.2) is 0 Å². The number of methoxy groups -OCH3 is 1. The first-order valence-corrected chi connectivity index (χ1v) is 9.75. The molecule has 3 rings (SSSR count). The molecule has 0 fully saturated rings. The number of amides is 1. The van der Waals surface area contributed by atoms with E-state index in [1.807, 2.05) is 13.0 Å². The van der Waals surface area contributed by atoms with Crippen LogP contribution in [-0.4, -0.2) is 39.6 Å². The maximum absolute atomic E-state index is 12.7. The van der Waals surface area contributed by atoms with Crippen LogP contribution in [0.4, 0.5) is 0 Å². The van der Waals surface area contributed by atoms with Crippen molar-refractivity contribution in [2.75, 3.05) is 13.7 Å². The summed E-state index contributed by atoms with van der Waals surface area (Å²) in [4.78, 5) is 24.8. The second-order valence-electron chi connectivity index (χ2n) is 7.17. The number of ether oxygens (including phenoxy) is 1. The Bertz CT molecular complexity index is 1130. The summed E-state index contributed by atoms with van der Waals surface area (Å²) in [5.41, 5.74) is 0.926. The van der Waals surface area contributed by atoms with Crippen LogP contribution in [0.1, 0.15) is 35.1 Å². The second-order valence-corrected chi connectivity index (χ2v) is 7.17. The number of phenolic OH excluding ortho intramolecular Hbond substituents is 1. The fraction of sp³-hybridized carbons (Fsp3) is 0.318. The summed E-state index contributed by atoms with van der Waals surface area (Å²) in [7, 11) is 1.40. The van der Waals surface area contributed by atoms with Crippen LogP contribution in [0.15, 0.2) is 45.7 Å². The number of benzene rings is 1. The number of carbonyl (C=O) groups is 1. The number of rotatable bonds is 8. The number of hydrogen-bond donors (Lipinski definition) is 3. The molecule has 0 spiro atoms. The highest BCUT2D eigenvalue weighted by molar-refractivity contribution is 5.77. The van der Waals surface area contributed by atoms with Crippen molar-refractivity contribution in [3.63, 3.8) is 0 Å². The van der Waals surface area contributed by atoms with E-state index in [-0.39, 0.29) is 29.6 Å². The largest absolute Gasteiger partial charge is 0.504 e. The molecule has 164 valence electrons. The van der Waals surface area contributed by atoms with Crippen molar-refractivity contribution >= 4 is 5.91 Å². The molecule has 0 aliphatic heterocycles. The molecule has 2 heterocycles. The molecule has 1 amide bonds. The lowest BCUT2D eigenvalue weighted by atomic mass is 9.91. The standard InChI is InChI=1S/C22H25N3O6/c1-13-6-7-24-25(13)9-8-23-20(28)12-16(15-4-5-17(26)19(11-15)30-3)22-21(29)18(27)10-14(2)31-22/h4-7,10-11,16,26,29H,8-9,12H2,1-3H3,(H,23,28)/t16-/m0/s1. The zero-order valence-electron chi connectivity index (χ0n) is 17.6. The summed E-state index contributed by atoms with van der Waals surface area (Å²) in [6.45, 7) is 4.38. The summed E-state index contributed by atoms with van der Waals surface area (Å²) in [6.07, 6.45) is 1.60. The molecule has 3 N–H and O–H groups in total. The Balaban J connectivity index is 1.86. The van der Waals surface area contributed by atoms with Gasteiger partial charge in [-0.15, -0.1) is 0 Å². The Hall–Kier alpha value is -3.75. The second kappa shape index (κ2) is 9.38. The van der Waals surface area contributed by atoms with Crippen LogP contribution in [0.3, 0.4) is 0 Å². The summed E-state index contributed by atoms with van der Waals surface area (Å²) >= 11 is 0. The predicted molar refractivity (Wildman–Crippen MR) is 112 cm³/mol. The molecule has 0 saturated carbocycles. The minimum atomic E-state index is -0.770. The molecule has 0 radical (unpaired) electrons. The zero-order chi connectivity index (χ0) is 22.5. The number of aromatic nitrogens is 2. The van der Waals surface area contributed by atoms with E-state index < -0.39 is 17.1 Å². The summed E-state index contributed by atoms with van der Waals surface area (Å²) in [5, 5.41) is 27.3. The molecule has 1 aromatic carbocycles. The molecular formula is C22H25N3O6. The number of carbonyl (C=O) groups excluding carboxylic acids is 1. The highest BCUT2D eigenvalue weighted by Crippen LogP contribution is 2.37. The lowest BCUT2D eigenvalue weighted by Crippen LogP contribution is -2.29. The SMILES string of the molecule is COc1cc([C@H](CC(=O)NCCn2nccc2C)c2oc(C)cc(=O)c2O)ccc1O. The molecule has 0 aliphatic rings. The lowest BCUT2D eigenvalue weighted by Gasteiger charge is -2.19. The van der Waals surface area contributed by atoms with Gasteiger partial charge >= 0.3 is 0 Å². The van der Waals surface area contributed by atoms with E-state index in [1.54, 1.807) is 29.9 Å². The first kappa shape index (κ1) is 21.9. The molecule has 2 aromatic heterocycles. The van der Waals surface area contributed by atoms with E-state index in [0.717, 1.165) is 5.69 Å². The van der Waals surface area contributed by atoms with Crippen molar-refractivity contribution in [2.45, 2.75) is 32.7 Å². The molecule has 0 saturated heterocycles. The predicted octanol–water partition coefficient (Wildman–Crippen LogP) is 2.21. The van der Waals surface area contributed by atoms with Gasteiger partial charge in [0.05, 0.1) is 19.6 Å². The Morgan fingerprint density at radius 1 is 1.26 bits per heavy atom. The molecule has 9 nitrogen and oxygen atoms in total. The van der Waals surface area contributed by atoms with E-state index in [2.05, 4.69) is 10.4 Å². The minimum Gasteiger partial charge on any atom is -0.504 e. The van der Waals surface area contributed by atoms with Gasteiger partial charge in [0, 0.05) is 30.9 Å². The third-order valence-electron chi connectivity index (χ3n) is 4.96. The average Bonchev–Trinajstić information content (AvgIpc) is 3.14. The zero-order valence-corrected chi connectivity index (χ0v) is 17.6. The normalized spacial score (nSPS) is 11.8. The highest BCUT2D eigenvalue weighted by Gasteiger charge is 2.26. The Kier molecular flexibility index (Phi) is 6.64. The van der Waals surface area contributed by atoms with Gasteiger partial charge in [-0.1, -0.05) is 6.07 Å². The van der Waals surface area contributed by atoms with Gasteiger partial charge in [-0.3, -0.25) is 14.3 Å². The maximum Gasteiger partial charge on any atom is 0.227 e. The first-order chi connectivity index (χ1) is 14.8. The Labute approximate surface area is 178 Å². The van der Waals surface area contributed by atoms with Crippen molar-refractivity contribution in [3.05, 3.63) is 69.5 Å². The third kappa shape index (κ3) is 5.06. The van der Waals surface area contributed by atoms with Crippen molar-refractivity contribution in [2.24, 2.45) is 0 Å². The van der Waals surface area contributed by atoms with E-state index in [0.29, 0.717) is 24.4 Å². The first-order valence-electron chi connectivity index (χ1n) is 9.75. The van der Waals surface area contributed by atoms with Crippen LogP contribution in [0, 0.1) is 13.8 Å². The number of hydrogen-bond acceptors (Lipinski definition) is 7. The fourth-order valence-electron chi connectivity index (χ4n) is 3.33. The van der Waals surface area contributed by atoms with Crippen molar-refractivity contribution in [1.82, 2.24) is 15.1 Å². The quantitative estimate of drug-likeness (QED) is 0.503. The van der Waals surface area contributed by atoms with Gasteiger partial charge < -0.3 is 24.7 Å². The fourth-order valence-corrected chi connectivity index (χ4v) is 3.33. The molecule has 0 unspecified atom stereocenters. The number of nitrogens with zero attached hydrogens (tertiary/aromatic N) is 2. The molecule has 0 bridgehead atoms. The molecular weight excluding hydrogens is 402 g/mol. The van der Waals surface area contributed by atoms with E-state index in [4.69, 9.17) is 9.15 Å². The number of nitrogens with one attached hydrogen (secondary N) is 1. The number of phenols is 1. The Morgan fingerprint density at radius 2 is 2.03 bits per heavy atom. The van der Waals surface area contributed by atoms with Crippen molar-refractivity contribution < 1.29 is 24.2 Å². The monoisotopic (exact) mass is 427 g/mol. The van der Waals surface area contributed by atoms with Crippen LogP contribution in [0.5, 0.6) is 17.2 Å². The molecule has 1 atom stereocenters. The van der Waals surface area contributed by atoms with E-state index in [1.165, 1.54) is 19.2 Å². The van der Waals surface area contributed by atoms with Crippen LogP contribution < -0.4 is 15.5 Å². The number of aryl methyl sites for hydroxylation is 2. The van der Waals surface area contributed by atoms with Crippen LogP contribution in [0.25, 0.3) is 0 Å². The maximum atomic E-state index is 12.7. The van der Waals surface area contributed by atoms with Gasteiger partial charge in [0.25, 0.3) is 0 Å². The van der Waals surface area contributed by atoms with Gasteiger partial charge in [0.1, 0.15) is 5.76 Å². The van der Waals surface area contributed by atoms with Gasteiger partial charge in [0.15, 0.2) is 17.3 Å². The minimum absolute atomic E-state index is 0.0178. The van der Waals surface area contributed by atoms with E-state index in [9.17, 15) is 19.8 Å². The van der Waals surface area contributed by atoms with Crippen molar-refractivity contribution in [3.8, 4) is 17.2 Å². The third-order valence-corrected chi connectivity index (χ3v) is 4.96. The Morgan fingerprint density at radius 3 is 2.71 bits per heavy atom. The van der Waals surface area contributed by atoms with Gasteiger partial charge in [-0.2, -0.15) is 5.10 Å². The lowest BCUT2D eigenvalue weighted by molar-refractivity contribution is -0.121. The van der Waals surface area contributed by atoms with Gasteiger partial charge in [-0.05, 0) is 37.6 Å². The summed E-state index contributed by atoms with van der Waals surface area (Å²) < 4.78 is 12.6. The van der Waals surface area contributed by atoms with Crippen molar-refractivity contribution in [1.29, 1.82) is 0 Å². The number of aromatic hydroxyl groups is 2. The summed E-state index contributed by atoms with van der Waals surface area (Å²) in [6, 6.07) is 7.61. The molecule has 0 aliphatic carbocycles. The molecule has 31 heavy (non-hydrogen) atoms. The van der Waals surface area contributed by atoms with E-state index >= 15 is 0 Å². The average molecular weight is 427 g/mol. The summed E-state index contributed by atoms with van der Waals surface area (Å²) in [5.74, 6) is -1.20. The van der Waals surface area contributed by atoms with Crippen LogP contribution in [-0.2, 0) is 11.3 Å². The van der Waals surface area contributed by atoms with Crippen LogP contribution >= 0.6 is 0 Å². The topological polar surface area (TPSA) is 127 Å². The highest BCUT2D eigenvalue weighted by atomic mass is 16.5. The van der Waals surface area contributed by atoms with Crippen LogP contribution in [0.2, 0.25) is 0 Å². The molecule has 3 aromatic rings.